The molecule has 2 aromatic rings. The lowest BCUT2D eigenvalue weighted by atomic mass is 9.83. The zero-order chi connectivity index (χ0) is 31.6. The van der Waals surface area contributed by atoms with Gasteiger partial charge in [-0.2, -0.15) is 0 Å². The minimum Gasteiger partial charge on any atom is -0.461 e. The summed E-state index contributed by atoms with van der Waals surface area (Å²) >= 11 is 0. The van der Waals surface area contributed by atoms with Crippen LogP contribution in [0.2, 0.25) is 0 Å². The van der Waals surface area contributed by atoms with Crippen LogP contribution in [-0.2, 0) is 32.1 Å². The highest BCUT2D eigenvalue weighted by Gasteiger charge is 2.38. The van der Waals surface area contributed by atoms with Crippen molar-refractivity contribution in [2.75, 3.05) is 0 Å². The van der Waals surface area contributed by atoms with Gasteiger partial charge in [-0.3, -0.25) is 14.4 Å². The van der Waals surface area contributed by atoms with Crippen molar-refractivity contribution in [3.05, 3.63) is 71.3 Å². The SMILES string of the molecule is CCCC(NC(=O)C(Cc1ccccc1)N1Cc2ccccc2C1=O)C(=O)NC(CC1CCCCC1)C(O)C(=O)OC(C)C. The van der Waals surface area contributed by atoms with Crippen LogP contribution in [0.5, 0.6) is 0 Å². The quantitative estimate of drug-likeness (QED) is 0.276. The van der Waals surface area contributed by atoms with E-state index in [4.69, 9.17) is 4.74 Å². The van der Waals surface area contributed by atoms with Crippen LogP contribution in [0.4, 0.5) is 0 Å². The molecule has 0 spiro atoms. The Labute approximate surface area is 260 Å². The Hall–Kier alpha value is -3.72. The number of hydrogen-bond acceptors (Lipinski definition) is 6. The maximum Gasteiger partial charge on any atom is 0.337 e. The molecular weight excluding hydrogens is 558 g/mol. The number of carbonyl (C=O) groups is 4. The lowest BCUT2D eigenvalue weighted by Gasteiger charge is -2.32. The summed E-state index contributed by atoms with van der Waals surface area (Å²) in [7, 11) is 0. The first-order valence-corrected chi connectivity index (χ1v) is 16.1. The van der Waals surface area contributed by atoms with Gasteiger partial charge in [-0.15, -0.1) is 0 Å². The van der Waals surface area contributed by atoms with E-state index in [1.807, 2.05) is 55.5 Å². The van der Waals surface area contributed by atoms with Crippen molar-refractivity contribution in [1.82, 2.24) is 15.5 Å². The average molecular weight is 606 g/mol. The number of ether oxygens (including phenoxy) is 1. The van der Waals surface area contributed by atoms with Crippen LogP contribution < -0.4 is 10.6 Å². The summed E-state index contributed by atoms with van der Waals surface area (Å²) in [5.74, 6) is -1.60. The third-order valence-corrected chi connectivity index (χ3v) is 8.62. The molecule has 3 amide bonds. The van der Waals surface area contributed by atoms with Gasteiger partial charge in [0.05, 0.1) is 12.1 Å². The van der Waals surface area contributed by atoms with Crippen molar-refractivity contribution < 1.29 is 29.0 Å². The molecule has 9 heteroatoms. The van der Waals surface area contributed by atoms with Crippen molar-refractivity contribution >= 4 is 23.7 Å². The molecule has 4 rings (SSSR count). The van der Waals surface area contributed by atoms with Gasteiger partial charge < -0.3 is 25.4 Å². The van der Waals surface area contributed by atoms with E-state index in [1.165, 1.54) is 0 Å². The van der Waals surface area contributed by atoms with Crippen LogP contribution in [0.3, 0.4) is 0 Å². The molecule has 4 atom stereocenters. The Balaban J connectivity index is 1.53. The smallest absolute Gasteiger partial charge is 0.337 e. The predicted octanol–water partition coefficient (Wildman–Crippen LogP) is 4.31. The molecule has 1 heterocycles. The molecule has 0 bridgehead atoms. The lowest BCUT2D eigenvalue weighted by Crippen LogP contribution is -2.57. The number of esters is 1. The molecule has 0 saturated heterocycles. The zero-order valence-corrected chi connectivity index (χ0v) is 26.2. The van der Waals surface area contributed by atoms with Gasteiger partial charge in [-0.1, -0.05) is 94.0 Å². The molecule has 1 aliphatic carbocycles. The first-order chi connectivity index (χ1) is 21.2. The largest absolute Gasteiger partial charge is 0.461 e. The zero-order valence-electron chi connectivity index (χ0n) is 26.2. The summed E-state index contributed by atoms with van der Waals surface area (Å²) in [4.78, 5) is 55.4. The summed E-state index contributed by atoms with van der Waals surface area (Å²) in [5.41, 5.74) is 2.33. The first kappa shape index (κ1) is 33.2. The van der Waals surface area contributed by atoms with Crippen LogP contribution >= 0.6 is 0 Å². The fraction of sp³-hybridized carbons (Fsp3) is 0.543. The maximum atomic E-state index is 14.0. The highest BCUT2D eigenvalue weighted by Crippen LogP contribution is 2.29. The molecule has 44 heavy (non-hydrogen) atoms. The van der Waals surface area contributed by atoms with Gasteiger partial charge in [0, 0.05) is 18.5 Å². The normalized spacial score (nSPS) is 17.8. The molecule has 9 nitrogen and oxygen atoms in total. The Morgan fingerprint density at radius 3 is 2.30 bits per heavy atom. The van der Waals surface area contributed by atoms with E-state index in [-0.39, 0.29) is 18.2 Å². The van der Waals surface area contributed by atoms with Crippen LogP contribution in [0.15, 0.2) is 54.6 Å². The second-order valence-corrected chi connectivity index (χ2v) is 12.4. The molecule has 238 valence electrons. The maximum absolute atomic E-state index is 14.0. The second kappa shape index (κ2) is 15.8. The Bertz CT molecular complexity index is 1280. The van der Waals surface area contributed by atoms with Crippen molar-refractivity contribution in [3.8, 4) is 0 Å². The van der Waals surface area contributed by atoms with E-state index in [2.05, 4.69) is 10.6 Å². The summed E-state index contributed by atoms with van der Waals surface area (Å²) in [6.07, 6.45) is 5.04. The van der Waals surface area contributed by atoms with E-state index >= 15 is 0 Å². The fourth-order valence-corrected chi connectivity index (χ4v) is 6.33. The predicted molar refractivity (Wildman–Crippen MR) is 167 cm³/mol. The van der Waals surface area contributed by atoms with Gasteiger partial charge in [0.25, 0.3) is 5.91 Å². The number of nitrogens with zero attached hydrogens (tertiary/aromatic N) is 1. The molecule has 4 unspecified atom stereocenters. The van der Waals surface area contributed by atoms with Crippen LogP contribution in [0.25, 0.3) is 0 Å². The first-order valence-electron chi connectivity index (χ1n) is 16.1. The number of nitrogens with one attached hydrogen (secondary N) is 2. The lowest BCUT2D eigenvalue weighted by molar-refractivity contribution is -0.159. The molecule has 0 aromatic heterocycles. The van der Waals surface area contributed by atoms with Gasteiger partial charge in [-0.25, -0.2) is 4.79 Å². The van der Waals surface area contributed by atoms with Crippen molar-refractivity contribution in [2.45, 2.75) is 115 Å². The topological polar surface area (TPSA) is 125 Å². The summed E-state index contributed by atoms with van der Waals surface area (Å²) < 4.78 is 5.27. The molecule has 1 fully saturated rings. The third kappa shape index (κ3) is 8.68. The number of aliphatic hydroxyl groups is 1. The highest BCUT2D eigenvalue weighted by atomic mass is 16.6. The van der Waals surface area contributed by atoms with Crippen LogP contribution in [0.1, 0.15) is 93.6 Å². The number of aliphatic hydroxyl groups excluding tert-OH is 1. The number of rotatable bonds is 14. The van der Waals surface area contributed by atoms with Crippen molar-refractivity contribution in [3.63, 3.8) is 0 Å². The highest BCUT2D eigenvalue weighted by molar-refractivity contribution is 6.01. The number of carbonyl (C=O) groups excluding carboxylic acids is 4. The Kier molecular flexibility index (Phi) is 11.9. The standard InChI is InChI=1S/C35H47N3O6/c1-4-13-28(32(40)37-29(20-24-14-7-5-8-15-24)31(39)35(43)44-23(2)3)36-33(41)30(21-25-16-9-6-10-17-25)38-22-26-18-11-12-19-27(26)34(38)42/h6,9-12,16-19,23-24,28-31,39H,4-5,7-8,13-15,20-22H2,1-3H3,(H,36,41)(H,37,40). The molecule has 2 aromatic carbocycles. The molecule has 2 aliphatic rings. The van der Waals surface area contributed by atoms with Gasteiger partial charge in [-0.05, 0) is 49.8 Å². The second-order valence-electron chi connectivity index (χ2n) is 12.4. The van der Waals surface area contributed by atoms with E-state index < -0.39 is 48.1 Å². The summed E-state index contributed by atoms with van der Waals surface area (Å²) in [5, 5.41) is 16.8. The van der Waals surface area contributed by atoms with Gasteiger partial charge >= 0.3 is 5.97 Å². The molecule has 1 saturated carbocycles. The summed E-state index contributed by atoms with van der Waals surface area (Å²) in [6, 6.07) is 14.2. The molecule has 0 radical (unpaired) electrons. The van der Waals surface area contributed by atoms with Gasteiger partial charge in [0.15, 0.2) is 6.10 Å². The van der Waals surface area contributed by atoms with Gasteiger partial charge in [0.1, 0.15) is 12.1 Å². The number of benzene rings is 2. The van der Waals surface area contributed by atoms with Crippen LogP contribution in [0, 0.1) is 5.92 Å². The van der Waals surface area contributed by atoms with Crippen molar-refractivity contribution in [1.29, 1.82) is 0 Å². The minimum atomic E-state index is -1.52. The van der Waals surface area contributed by atoms with Crippen LogP contribution in [-0.4, -0.2) is 64.0 Å². The van der Waals surface area contributed by atoms with E-state index in [1.54, 1.807) is 24.8 Å². The Morgan fingerprint density at radius 2 is 1.64 bits per heavy atom. The minimum absolute atomic E-state index is 0.215. The molecule has 3 N–H and O–H groups in total. The fourth-order valence-electron chi connectivity index (χ4n) is 6.33. The third-order valence-electron chi connectivity index (χ3n) is 8.62. The number of amides is 3. The summed E-state index contributed by atoms with van der Waals surface area (Å²) in [6.45, 7) is 5.64. The average Bonchev–Trinajstić information content (AvgIpc) is 3.35. The Morgan fingerprint density at radius 1 is 0.955 bits per heavy atom. The van der Waals surface area contributed by atoms with Gasteiger partial charge in [0.2, 0.25) is 11.8 Å². The molecule has 1 aliphatic heterocycles. The molecular formula is C35H47N3O6. The van der Waals surface area contributed by atoms with E-state index in [0.717, 1.165) is 43.2 Å². The van der Waals surface area contributed by atoms with Crippen molar-refractivity contribution in [2.24, 2.45) is 5.92 Å². The van der Waals surface area contributed by atoms with E-state index in [9.17, 15) is 24.3 Å². The number of hydrogen-bond donors (Lipinski definition) is 3. The monoisotopic (exact) mass is 605 g/mol. The number of fused-ring (bicyclic) bond motifs is 1. The van der Waals surface area contributed by atoms with E-state index in [0.29, 0.717) is 31.4 Å².